The lowest BCUT2D eigenvalue weighted by atomic mass is 9.93. The fourth-order valence-corrected chi connectivity index (χ4v) is 5.52. The third kappa shape index (κ3) is 5.46. The van der Waals surface area contributed by atoms with Crippen LogP contribution in [0.2, 0.25) is 0 Å². The van der Waals surface area contributed by atoms with Crippen LogP contribution in [-0.4, -0.2) is 67.4 Å². The fraction of sp³-hybridized carbons (Fsp3) is 0.500. The SMILES string of the molecule is O=C1OCC(Cc2ccccc2)N1CCC1CCN(CC2COc3cccc(Br)c3O2)CC1. The van der Waals surface area contributed by atoms with Crippen molar-refractivity contribution in [2.45, 2.75) is 37.8 Å². The average Bonchev–Trinajstić information content (AvgIpc) is 3.18. The number of carbonyl (C=O) groups is 1. The van der Waals surface area contributed by atoms with E-state index in [0.717, 1.165) is 67.8 Å². The Bertz CT molecular complexity index is 949. The zero-order valence-electron chi connectivity index (χ0n) is 18.8. The highest BCUT2D eigenvalue weighted by Crippen LogP contribution is 2.38. The monoisotopic (exact) mass is 514 g/mol. The van der Waals surface area contributed by atoms with Gasteiger partial charge in [0.05, 0.1) is 10.5 Å². The molecule has 2 atom stereocenters. The van der Waals surface area contributed by atoms with Crippen LogP contribution < -0.4 is 9.47 Å². The van der Waals surface area contributed by atoms with E-state index in [1.807, 2.05) is 41.3 Å². The zero-order chi connectivity index (χ0) is 22.6. The molecule has 6 nitrogen and oxygen atoms in total. The molecule has 2 aromatic carbocycles. The lowest BCUT2D eigenvalue weighted by molar-refractivity contribution is 0.0459. The molecular weight excluding hydrogens is 484 g/mol. The van der Waals surface area contributed by atoms with Crippen molar-refractivity contribution >= 4 is 22.0 Å². The van der Waals surface area contributed by atoms with E-state index < -0.39 is 0 Å². The largest absolute Gasteiger partial charge is 0.486 e. The van der Waals surface area contributed by atoms with Crippen LogP contribution in [0.25, 0.3) is 0 Å². The minimum Gasteiger partial charge on any atom is -0.486 e. The van der Waals surface area contributed by atoms with E-state index in [-0.39, 0.29) is 18.2 Å². The maximum absolute atomic E-state index is 12.3. The molecule has 2 saturated heterocycles. The number of para-hydroxylation sites is 1. The number of benzene rings is 2. The first kappa shape index (κ1) is 22.5. The van der Waals surface area contributed by atoms with Crippen molar-refractivity contribution in [2.24, 2.45) is 5.92 Å². The van der Waals surface area contributed by atoms with Crippen LogP contribution in [-0.2, 0) is 11.2 Å². The van der Waals surface area contributed by atoms with Crippen molar-refractivity contribution < 1.29 is 19.0 Å². The molecule has 0 N–H and O–H groups in total. The standard InChI is InChI=1S/C26H31BrN2O4/c27-23-7-4-8-24-25(23)33-22(18-31-24)16-28-12-9-19(10-13-28)11-14-29-21(17-32-26(29)30)15-20-5-2-1-3-6-20/h1-8,19,21-22H,9-18H2. The van der Waals surface area contributed by atoms with Gasteiger partial charge in [0.25, 0.3) is 0 Å². The number of nitrogens with zero attached hydrogens (tertiary/aromatic N) is 2. The first-order valence-electron chi connectivity index (χ1n) is 11.9. The van der Waals surface area contributed by atoms with Crippen LogP contribution in [0.15, 0.2) is 53.0 Å². The van der Waals surface area contributed by atoms with Crippen LogP contribution in [0.3, 0.4) is 0 Å². The minimum atomic E-state index is -0.158. The molecule has 7 heteroatoms. The maximum atomic E-state index is 12.3. The predicted octanol–water partition coefficient (Wildman–Crippen LogP) is 4.75. The van der Waals surface area contributed by atoms with Crippen LogP contribution in [0.5, 0.6) is 11.5 Å². The van der Waals surface area contributed by atoms with Crippen molar-refractivity contribution in [2.75, 3.05) is 39.4 Å². The number of ether oxygens (including phenoxy) is 3. The molecule has 176 valence electrons. The van der Waals surface area contributed by atoms with Crippen LogP contribution in [0, 0.1) is 5.92 Å². The highest BCUT2D eigenvalue weighted by atomic mass is 79.9. The molecule has 2 unspecified atom stereocenters. The van der Waals surface area contributed by atoms with E-state index in [1.54, 1.807) is 0 Å². The number of hydrogen-bond acceptors (Lipinski definition) is 5. The first-order valence-corrected chi connectivity index (χ1v) is 12.7. The molecule has 5 rings (SSSR count). The zero-order valence-corrected chi connectivity index (χ0v) is 20.4. The van der Waals surface area contributed by atoms with Crippen LogP contribution in [0.4, 0.5) is 4.79 Å². The van der Waals surface area contributed by atoms with Crippen molar-refractivity contribution in [1.29, 1.82) is 0 Å². The number of piperidine rings is 1. The lowest BCUT2D eigenvalue weighted by Gasteiger charge is -2.36. The number of cyclic esters (lactones) is 1. The molecule has 0 bridgehead atoms. The van der Waals surface area contributed by atoms with Gasteiger partial charge in [-0.2, -0.15) is 0 Å². The molecule has 3 aliphatic rings. The van der Waals surface area contributed by atoms with Gasteiger partial charge in [-0.1, -0.05) is 36.4 Å². The van der Waals surface area contributed by atoms with Gasteiger partial charge in [0.1, 0.15) is 19.3 Å². The van der Waals surface area contributed by atoms with Crippen molar-refractivity contribution in [1.82, 2.24) is 9.80 Å². The Morgan fingerprint density at radius 3 is 2.61 bits per heavy atom. The maximum Gasteiger partial charge on any atom is 0.410 e. The second-order valence-corrected chi connectivity index (χ2v) is 10.1. The molecule has 1 amide bonds. The Morgan fingerprint density at radius 1 is 0.970 bits per heavy atom. The van der Waals surface area contributed by atoms with E-state index in [0.29, 0.717) is 19.1 Å². The molecule has 2 fully saturated rings. The van der Waals surface area contributed by atoms with Gasteiger partial charge in [-0.25, -0.2) is 4.79 Å². The topological polar surface area (TPSA) is 51.2 Å². The number of carbonyl (C=O) groups excluding carboxylic acids is 1. The van der Waals surface area contributed by atoms with E-state index in [9.17, 15) is 4.79 Å². The summed E-state index contributed by atoms with van der Waals surface area (Å²) in [6.07, 6.45) is 4.09. The highest BCUT2D eigenvalue weighted by molar-refractivity contribution is 9.10. The molecule has 3 heterocycles. The minimum absolute atomic E-state index is 0.0471. The number of hydrogen-bond donors (Lipinski definition) is 0. The van der Waals surface area contributed by atoms with E-state index in [4.69, 9.17) is 14.2 Å². The van der Waals surface area contributed by atoms with Gasteiger partial charge >= 0.3 is 6.09 Å². The second kappa shape index (κ2) is 10.3. The summed E-state index contributed by atoms with van der Waals surface area (Å²) in [6.45, 7) is 4.87. The molecule has 0 aromatic heterocycles. The van der Waals surface area contributed by atoms with E-state index in [2.05, 4.69) is 33.0 Å². The summed E-state index contributed by atoms with van der Waals surface area (Å²) in [4.78, 5) is 16.7. The first-order chi connectivity index (χ1) is 16.2. The Hall–Kier alpha value is -2.25. The summed E-state index contributed by atoms with van der Waals surface area (Å²) in [6, 6.07) is 16.4. The molecule has 3 aliphatic heterocycles. The summed E-state index contributed by atoms with van der Waals surface area (Å²) < 4.78 is 18.4. The smallest absolute Gasteiger partial charge is 0.410 e. The third-order valence-electron chi connectivity index (χ3n) is 6.98. The molecule has 2 aromatic rings. The fourth-order valence-electron chi connectivity index (χ4n) is 5.08. The normalized spacial score (nSPS) is 23.5. The van der Waals surface area contributed by atoms with Crippen molar-refractivity contribution in [3.05, 3.63) is 58.6 Å². The van der Waals surface area contributed by atoms with Crippen molar-refractivity contribution in [3.8, 4) is 11.5 Å². The number of rotatable bonds is 7. The van der Waals surface area contributed by atoms with Gasteiger partial charge in [-0.3, -0.25) is 4.90 Å². The number of halogens is 1. The molecule has 0 radical (unpaired) electrons. The number of fused-ring (bicyclic) bond motifs is 1. The van der Waals surface area contributed by atoms with Crippen LogP contribution >= 0.6 is 15.9 Å². The highest BCUT2D eigenvalue weighted by Gasteiger charge is 2.34. The number of likely N-dealkylation sites (tertiary alicyclic amines) is 1. The van der Waals surface area contributed by atoms with Gasteiger partial charge in [-0.05, 0) is 78.3 Å². The molecule has 33 heavy (non-hydrogen) atoms. The number of amides is 1. The molecule has 0 saturated carbocycles. The van der Waals surface area contributed by atoms with E-state index >= 15 is 0 Å². The summed E-state index contributed by atoms with van der Waals surface area (Å²) in [5, 5.41) is 0. The van der Waals surface area contributed by atoms with Gasteiger partial charge < -0.3 is 19.1 Å². The Kier molecular flexibility index (Phi) is 7.07. The van der Waals surface area contributed by atoms with Gasteiger partial charge in [0.15, 0.2) is 11.5 Å². The van der Waals surface area contributed by atoms with Gasteiger partial charge in [0.2, 0.25) is 0 Å². The van der Waals surface area contributed by atoms with Gasteiger partial charge in [-0.15, -0.1) is 0 Å². The summed E-state index contributed by atoms with van der Waals surface area (Å²) >= 11 is 3.56. The van der Waals surface area contributed by atoms with Crippen molar-refractivity contribution in [3.63, 3.8) is 0 Å². The Morgan fingerprint density at radius 2 is 1.79 bits per heavy atom. The molecular formula is C26H31BrN2O4. The third-order valence-corrected chi connectivity index (χ3v) is 7.60. The second-order valence-electron chi connectivity index (χ2n) is 9.26. The quantitative estimate of drug-likeness (QED) is 0.533. The van der Waals surface area contributed by atoms with Gasteiger partial charge in [0, 0.05) is 13.1 Å². The summed E-state index contributed by atoms with van der Waals surface area (Å²) in [5.41, 5.74) is 1.25. The lowest BCUT2D eigenvalue weighted by Crippen LogP contribution is -2.44. The summed E-state index contributed by atoms with van der Waals surface area (Å²) in [5.74, 6) is 2.27. The molecule has 0 aliphatic carbocycles. The van der Waals surface area contributed by atoms with Crippen LogP contribution in [0.1, 0.15) is 24.8 Å². The molecule has 0 spiro atoms. The summed E-state index contributed by atoms with van der Waals surface area (Å²) in [7, 11) is 0. The average molecular weight is 515 g/mol. The van der Waals surface area contributed by atoms with E-state index in [1.165, 1.54) is 5.56 Å². The Labute approximate surface area is 203 Å². The predicted molar refractivity (Wildman–Crippen MR) is 130 cm³/mol. The Balaban J connectivity index is 1.07.